The van der Waals surface area contributed by atoms with E-state index in [1.807, 2.05) is 60.7 Å². The third kappa shape index (κ3) is 4.94. The maximum Gasteiger partial charge on any atom is 0.327 e. The molecule has 202 valence electrons. The number of carbonyl (C=O) groups is 3. The van der Waals surface area contributed by atoms with Gasteiger partial charge in [0.2, 0.25) is 0 Å². The molecule has 1 unspecified atom stereocenters. The lowest BCUT2D eigenvalue weighted by atomic mass is 9.86. The molecular formula is C30H30N2O6S. The molecule has 0 aliphatic carbocycles. The van der Waals surface area contributed by atoms with Crippen LogP contribution in [0.5, 0.6) is 11.5 Å². The molecule has 2 heterocycles. The minimum atomic E-state index is -1.29. The molecule has 2 N–H and O–H groups in total. The number of carboxylic acid groups (broad SMARTS) is 1. The molecule has 39 heavy (non-hydrogen) atoms. The fraction of sp³-hybridized carbons (Fsp3) is 0.300. The summed E-state index contributed by atoms with van der Waals surface area (Å²) in [7, 11) is 0. The summed E-state index contributed by atoms with van der Waals surface area (Å²) in [6, 6.07) is 23.3. The van der Waals surface area contributed by atoms with Crippen molar-refractivity contribution >= 4 is 29.5 Å². The molecule has 2 saturated heterocycles. The standard InChI is InChI=1S/C30H30N2O6S/c1-29(2)24(26(34)35)32-27(36)30(3,28(32)39-29)31-25(33)23-21(37-17-19-11-6-4-7-12-19)15-10-16-22(23)38-18-20-13-8-5-9-14-20/h4-16,24,28H,17-18H2,1-3H3,(H,31,33)(H,34,35)/t24-,28+,30?/m0/s1. The summed E-state index contributed by atoms with van der Waals surface area (Å²) in [4.78, 5) is 40.5. The van der Waals surface area contributed by atoms with Crippen molar-refractivity contribution in [2.24, 2.45) is 0 Å². The van der Waals surface area contributed by atoms with Crippen LogP contribution in [0.2, 0.25) is 0 Å². The topological polar surface area (TPSA) is 105 Å². The lowest BCUT2D eigenvalue weighted by molar-refractivity contribution is -0.165. The fourth-order valence-corrected chi connectivity index (χ4v) is 6.73. The van der Waals surface area contributed by atoms with E-state index in [1.165, 1.54) is 16.7 Å². The molecule has 9 heteroatoms. The molecule has 0 aromatic heterocycles. The first kappa shape index (κ1) is 26.6. The summed E-state index contributed by atoms with van der Waals surface area (Å²) in [5.41, 5.74) is 0.752. The molecule has 2 amide bonds. The second-order valence-electron chi connectivity index (χ2n) is 10.4. The third-order valence-corrected chi connectivity index (χ3v) is 8.83. The van der Waals surface area contributed by atoms with Gasteiger partial charge in [-0.3, -0.25) is 9.59 Å². The van der Waals surface area contributed by atoms with Gasteiger partial charge in [0.15, 0.2) is 0 Å². The molecule has 5 rings (SSSR count). The molecule has 0 saturated carbocycles. The Labute approximate surface area is 231 Å². The molecule has 3 aromatic carbocycles. The minimum Gasteiger partial charge on any atom is -0.488 e. The Balaban J connectivity index is 1.43. The minimum absolute atomic E-state index is 0.175. The maximum atomic E-state index is 13.9. The van der Waals surface area contributed by atoms with E-state index in [1.54, 1.807) is 39.0 Å². The number of β-lactam (4-membered cyclic amide) rings is 1. The van der Waals surface area contributed by atoms with Gasteiger partial charge in [-0.05, 0) is 44.0 Å². The zero-order valence-electron chi connectivity index (χ0n) is 21.9. The Hall–Kier alpha value is -3.98. The number of aliphatic carboxylic acids is 1. The molecule has 0 radical (unpaired) electrons. The first-order valence-corrected chi connectivity index (χ1v) is 13.5. The summed E-state index contributed by atoms with van der Waals surface area (Å²) >= 11 is 1.37. The van der Waals surface area contributed by atoms with Crippen molar-refractivity contribution in [1.82, 2.24) is 10.2 Å². The van der Waals surface area contributed by atoms with Crippen LogP contribution in [0.3, 0.4) is 0 Å². The van der Waals surface area contributed by atoms with Crippen LogP contribution in [0.25, 0.3) is 0 Å². The van der Waals surface area contributed by atoms with Crippen LogP contribution in [-0.2, 0) is 22.8 Å². The van der Waals surface area contributed by atoms with Gasteiger partial charge in [-0.15, -0.1) is 11.8 Å². The van der Waals surface area contributed by atoms with Crippen molar-refractivity contribution < 1.29 is 29.0 Å². The number of thioether (sulfide) groups is 1. The maximum absolute atomic E-state index is 13.9. The van der Waals surface area contributed by atoms with Crippen LogP contribution < -0.4 is 14.8 Å². The monoisotopic (exact) mass is 546 g/mol. The van der Waals surface area contributed by atoms with Crippen LogP contribution in [0, 0.1) is 0 Å². The predicted molar refractivity (Wildman–Crippen MR) is 148 cm³/mol. The van der Waals surface area contributed by atoms with Crippen LogP contribution in [0.4, 0.5) is 0 Å². The highest BCUT2D eigenvalue weighted by atomic mass is 32.2. The largest absolute Gasteiger partial charge is 0.488 e. The van der Waals surface area contributed by atoms with Crippen molar-refractivity contribution in [1.29, 1.82) is 0 Å². The van der Waals surface area contributed by atoms with E-state index in [4.69, 9.17) is 9.47 Å². The number of fused-ring (bicyclic) bond motifs is 1. The van der Waals surface area contributed by atoms with Crippen LogP contribution in [0.1, 0.15) is 42.3 Å². The first-order valence-electron chi connectivity index (χ1n) is 12.6. The van der Waals surface area contributed by atoms with E-state index in [2.05, 4.69) is 5.32 Å². The normalized spacial score (nSPS) is 22.9. The number of ether oxygens (including phenoxy) is 2. The number of carbonyl (C=O) groups excluding carboxylic acids is 2. The highest BCUT2D eigenvalue weighted by molar-refractivity contribution is 8.01. The van der Waals surface area contributed by atoms with Crippen molar-refractivity contribution in [3.8, 4) is 11.5 Å². The summed E-state index contributed by atoms with van der Waals surface area (Å²) < 4.78 is 11.4. The lowest BCUT2D eigenvalue weighted by Gasteiger charge is -2.51. The van der Waals surface area contributed by atoms with Crippen LogP contribution >= 0.6 is 11.8 Å². The van der Waals surface area contributed by atoms with Gasteiger partial charge in [0.1, 0.15) is 47.2 Å². The Morgan fingerprint density at radius 2 is 1.38 bits per heavy atom. The smallest absolute Gasteiger partial charge is 0.327 e. The summed E-state index contributed by atoms with van der Waals surface area (Å²) in [6.07, 6.45) is 0. The molecule has 3 atom stereocenters. The van der Waals surface area contributed by atoms with Crippen molar-refractivity contribution in [3.63, 3.8) is 0 Å². The lowest BCUT2D eigenvalue weighted by Crippen LogP contribution is -2.78. The van der Waals surface area contributed by atoms with Gasteiger partial charge in [-0.1, -0.05) is 66.7 Å². The van der Waals surface area contributed by atoms with E-state index in [-0.39, 0.29) is 18.8 Å². The van der Waals surface area contributed by atoms with Crippen LogP contribution in [-0.4, -0.2) is 49.5 Å². The van der Waals surface area contributed by atoms with Gasteiger partial charge in [-0.25, -0.2) is 4.79 Å². The first-order chi connectivity index (χ1) is 18.6. The molecule has 0 bridgehead atoms. The average Bonchev–Trinajstić information content (AvgIpc) is 3.21. The van der Waals surface area contributed by atoms with E-state index >= 15 is 0 Å². The van der Waals surface area contributed by atoms with Gasteiger partial charge in [0, 0.05) is 4.75 Å². The zero-order valence-corrected chi connectivity index (χ0v) is 22.7. The number of hydrogen-bond acceptors (Lipinski definition) is 6. The van der Waals surface area contributed by atoms with Crippen molar-refractivity contribution in [3.05, 3.63) is 95.6 Å². The summed E-state index contributed by atoms with van der Waals surface area (Å²) in [5.74, 6) is -1.39. The van der Waals surface area contributed by atoms with Gasteiger partial charge >= 0.3 is 5.97 Å². The Bertz CT molecular complexity index is 1340. The third-order valence-electron chi connectivity index (χ3n) is 7.07. The van der Waals surface area contributed by atoms with Gasteiger partial charge in [0.05, 0.1) is 0 Å². The molecule has 8 nitrogen and oxygen atoms in total. The number of hydrogen-bond donors (Lipinski definition) is 2. The highest BCUT2D eigenvalue weighted by Crippen LogP contribution is 2.54. The number of carboxylic acids is 1. The molecule has 2 fully saturated rings. The van der Waals surface area contributed by atoms with Crippen LogP contribution in [0.15, 0.2) is 78.9 Å². The van der Waals surface area contributed by atoms with Gasteiger partial charge in [0.25, 0.3) is 11.8 Å². The molecule has 3 aromatic rings. The second kappa shape index (κ2) is 10.3. The quantitative estimate of drug-likeness (QED) is 0.381. The second-order valence-corrected chi connectivity index (χ2v) is 12.1. The number of benzene rings is 3. The molecule has 2 aliphatic rings. The summed E-state index contributed by atoms with van der Waals surface area (Å²) in [6.45, 7) is 5.71. The Morgan fingerprint density at radius 3 is 1.87 bits per heavy atom. The van der Waals surface area contributed by atoms with E-state index in [0.29, 0.717) is 11.5 Å². The molecular weight excluding hydrogens is 516 g/mol. The van der Waals surface area contributed by atoms with Crippen molar-refractivity contribution in [2.45, 2.75) is 55.7 Å². The number of rotatable bonds is 9. The van der Waals surface area contributed by atoms with Gasteiger partial charge < -0.3 is 24.8 Å². The zero-order chi connectivity index (χ0) is 27.8. The Kier molecular flexibility index (Phi) is 7.03. The molecule has 0 spiro atoms. The average molecular weight is 547 g/mol. The van der Waals surface area contributed by atoms with E-state index in [9.17, 15) is 19.5 Å². The SMILES string of the molecule is CC1(C)S[C@H]2N(C(=O)C2(C)NC(=O)c2c(OCc3ccccc3)cccc2OCc2ccccc2)[C@H]1C(=O)O. The molecule has 2 aliphatic heterocycles. The van der Waals surface area contributed by atoms with Gasteiger partial charge in [-0.2, -0.15) is 0 Å². The predicted octanol–water partition coefficient (Wildman–Crippen LogP) is 4.48. The van der Waals surface area contributed by atoms with Crippen molar-refractivity contribution in [2.75, 3.05) is 0 Å². The highest BCUT2D eigenvalue weighted by Gasteiger charge is 2.70. The van der Waals surface area contributed by atoms with E-state index < -0.39 is 39.5 Å². The number of amides is 2. The Morgan fingerprint density at radius 1 is 0.872 bits per heavy atom. The number of nitrogens with one attached hydrogen (secondary N) is 1. The number of nitrogens with zero attached hydrogens (tertiary/aromatic N) is 1. The fourth-order valence-electron chi connectivity index (χ4n) is 5.08. The van der Waals surface area contributed by atoms with E-state index in [0.717, 1.165) is 11.1 Å². The summed E-state index contributed by atoms with van der Waals surface area (Å²) in [5, 5.41) is 12.2.